The Kier molecular flexibility index (Phi) is 4.28. The standard InChI is InChI=1S/C14H26N2O2/c1-3-18-12-9-11(16(2)10-13(15)17)14(12)7-5-4-6-8-14/h11-12H,3-10H2,1-2H3,(H2,15,17)/t11-,12+/m1/s1. The molecule has 0 radical (unpaired) electrons. The molecule has 0 aliphatic heterocycles. The lowest BCUT2D eigenvalue weighted by Gasteiger charge is -2.60. The van der Waals surface area contributed by atoms with Gasteiger partial charge in [0.25, 0.3) is 0 Å². The fraction of sp³-hybridized carbons (Fsp3) is 0.929. The first-order valence-corrected chi connectivity index (χ1v) is 7.20. The number of rotatable bonds is 5. The highest BCUT2D eigenvalue weighted by atomic mass is 16.5. The summed E-state index contributed by atoms with van der Waals surface area (Å²) >= 11 is 0. The molecule has 18 heavy (non-hydrogen) atoms. The van der Waals surface area contributed by atoms with Gasteiger partial charge in [-0.25, -0.2) is 0 Å². The Hall–Kier alpha value is -0.610. The minimum Gasteiger partial charge on any atom is -0.378 e. The van der Waals surface area contributed by atoms with E-state index in [-0.39, 0.29) is 5.91 Å². The molecule has 1 spiro atoms. The van der Waals surface area contributed by atoms with E-state index in [0.29, 0.717) is 24.1 Å². The summed E-state index contributed by atoms with van der Waals surface area (Å²) in [5.74, 6) is -0.233. The smallest absolute Gasteiger partial charge is 0.231 e. The van der Waals surface area contributed by atoms with E-state index < -0.39 is 0 Å². The first kappa shape index (κ1) is 13.8. The number of likely N-dealkylation sites (N-methyl/N-ethyl adjacent to an activating group) is 1. The van der Waals surface area contributed by atoms with Gasteiger partial charge < -0.3 is 10.5 Å². The van der Waals surface area contributed by atoms with Crippen LogP contribution in [0, 0.1) is 5.41 Å². The normalized spacial score (nSPS) is 30.4. The van der Waals surface area contributed by atoms with Crippen LogP contribution in [0.2, 0.25) is 0 Å². The van der Waals surface area contributed by atoms with Crippen LogP contribution in [0.1, 0.15) is 45.4 Å². The SMILES string of the molecule is CCO[C@H]1C[C@@H](N(C)CC(N)=O)C12CCCCC2. The topological polar surface area (TPSA) is 55.6 Å². The number of carbonyl (C=O) groups is 1. The number of carbonyl (C=O) groups excluding carboxylic acids is 1. The summed E-state index contributed by atoms with van der Waals surface area (Å²) in [5, 5.41) is 0. The summed E-state index contributed by atoms with van der Waals surface area (Å²) in [5.41, 5.74) is 5.60. The Balaban J connectivity index is 2.04. The molecule has 2 aliphatic rings. The molecule has 2 rings (SSSR count). The van der Waals surface area contributed by atoms with E-state index in [9.17, 15) is 4.79 Å². The fourth-order valence-corrected chi connectivity index (χ4v) is 4.00. The van der Waals surface area contributed by atoms with Crippen LogP contribution in [0.25, 0.3) is 0 Å². The van der Waals surface area contributed by atoms with Crippen molar-refractivity contribution in [1.82, 2.24) is 4.90 Å². The highest BCUT2D eigenvalue weighted by Gasteiger charge is 2.56. The lowest BCUT2D eigenvalue weighted by Crippen LogP contribution is -2.65. The maximum absolute atomic E-state index is 11.1. The van der Waals surface area contributed by atoms with Crippen molar-refractivity contribution in [1.29, 1.82) is 0 Å². The Morgan fingerprint density at radius 1 is 1.39 bits per heavy atom. The number of nitrogens with zero attached hydrogens (tertiary/aromatic N) is 1. The van der Waals surface area contributed by atoms with Crippen molar-refractivity contribution in [3.63, 3.8) is 0 Å². The molecular formula is C14H26N2O2. The summed E-state index contributed by atoms with van der Waals surface area (Å²) in [4.78, 5) is 13.2. The summed E-state index contributed by atoms with van der Waals surface area (Å²) < 4.78 is 5.91. The first-order chi connectivity index (χ1) is 8.60. The average molecular weight is 254 g/mol. The van der Waals surface area contributed by atoms with E-state index in [1.165, 1.54) is 32.1 Å². The van der Waals surface area contributed by atoms with Gasteiger partial charge in [-0.15, -0.1) is 0 Å². The van der Waals surface area contributed by atoms with Gasteiger partial charge in [-0.05, 0) is 33.2 Å². The van der Waals surface area contributed by atoms with Gasteiger partial charge >= 0.3 is 0 Å². The Morgan fingerprint density at radius 3 is 2.61 bits per heavy atom. The van der Waals surface area contributed by atoms with E-state index in [0.717, 1.165) is 13.0 Å². The van der Waals surface area contributed by atoms with Gasteiger partial charge in [-0.3, -0.25) is 9.69 Å². The molecule has 2 aliphatic carbocycles. The maximum atomic E-state index is 11.1. The zero-order chi connectivity index (χ0) is 13.2. The van der Waals surface area contributed by atoms with Gasteiger partial charge in [0.15, 0.2) is 0 Å². The predicted octanol–water partition coefficient (Wildman–Crippen LogP) is 1.53. The lowest BCUT2D eigenvalue weighted by atomic mass is 9.54. The van der Waals surface area contributed by atoms with Crippen molar-refractivity contribution in [3.05, 3.63) is 0 Å². The van der Waals surface area contributed by atoms with Gasteiger partial charge in [0, 0.05) is 18.1 Å². The van der Waals surface area contributed by atoms with Crippen molar-refractivity contribution in [2.45, 2.75) is 57.6 Å². The quantitative estimate of drug-likeness (QED) is 0.809. The highest BCUT2D eigenvalue weighted by Crippen LogP contribution is 2.54. The predicted molar refractivity (Wildman–Crippen MR) is 71.2 cm³/mol. The molecule has 0 aromatic carbocycles. The van der Waals surface area contributed by atoms with Crippen LogP contribution in [-0.2, 0) is 9.53 Å². The molecule has 104 valence electrons. The van der Waals surface area contributed by atoms with Gasteiger partial charge in [0.2, 0.25) is 5.91 Å². The van der Waals surface area contributed by atoms with Gasteiger partial charge in [-0.2, -0.15) is 0 Å². The number of hydrogen-bond acceptors (Lipinski definition) is 3. The second-order valence-electron chi connectivity index (χ2n) is 5.87. The molecule has 4 heteroatoms. The average Bonchev–Trinajstić information content (AvgIpc) is 2.34. The molecule has 0 heterocycles. The summed E-state index contributed by atoms with van der Waals surface area (Å²) in [7, 11) is 2.02. The van der Waals surface area contributed by atoms with Gasteiger partial charge in [-0.1, -0.05) is 19.3 Å². The summed E-state index contributed by atoms with van der Waals surface area (Å²) in [6.07, 6.45) is 7.86. The molecule has 0 bridgehead atoms. The van der Waals surface area contributed by atoms with E-state index in [4.69, 9.17) is 10.5 Å². The molecule has 2 saturated carbocycles. The van der Waals surface area contributed by atoms with Crippen molar-refractivity contribution in [2.24, 2.45) is 11.1 Å². The molecule has 0 aromatic rings. The Labute approximate surface area is 110 Å². The molecule has 2 atom stereocenters. The van der Waals surface area contributed by atoms with Crippen LogP contribution in [0.3, 0.4) is 0 Å². The van der Waals surface area contributed by atoms with Crippen LogP contribution in [-0.4, -0.2) is 43.2 Å². The monoisotopic (exact) mass is 254 g/mol. The Morgan fingerprint density at radius 2 is 2.06 bits per heavy atom. The van der Waals surface area contributed by atoms with Crippen molar-refractivity contribution >= 4 is 5.91 Å². The number of primary amides is 1. The number of ether oxygens (including phenoxy) is 1. The van der Waals surface area contributed by atoms with Crippen LogP contribution < -0.4 is 5.73 Å². The molecule has 1 amide bonds. The van der Waals surface area contributed by atoms with Gasteiger partial charge in [0.1, 0.15) is 0 Å². The molecule has 0 saturated heterocycles. The number of hydrogen-bond donors (Lipinski definition) is 1. The fourth-order valence-electron chi connectivity index (χ4n) is 4.00. The van der Waals surface area contributed by atoms with E-state index >= 15 is 0 Å². The summed E-state index contributed by atoms with van der Waals surface area (Å²) in [6, 6.07) is 0.474. The third-order valence-corrected chi connectivity index (χ3v) is 4.83. The van der Waals surface area contributed by atoms with Crippen LogP contribution in [0.5, 0.6) is 0 Å². The van der Waals surface area contributed by atoms with Crippen LogP contribution in [0.15, 0.2) is 0 Å². The first-order valence-electron chi connectivity index (χ1n) is 7.20. The Bertz CT molecular complexity index is 300. The van der Waals surface area contributed by atoms with E-state index in [1.807, 2.05) is 7.05 Å². The van der Waals surface area contributed by atoms with E-state index in [1.54, 1.807) is 0 Å². The third-order valence-electron chi connectivity index (χ3n) is 4.83. The van der Waals surface area contributed by atoms with Crippen molar-refractivity contribution in [2.75, 3.05) is 20.2 Å². The second kappa shape index (κ2) is 5.57. The second-order valence-corrected chi connectivity index (χ2v) is 5.87. The van der Waals surface area contributed by atoms with Crippen molar-refractivity contribution < 1.29 is 9.53 Å². The van der Waals surface area contributed by atoms with Crippen LogP contribution >= 0.6 is 0 Å². The van der Waals surface area contributed by atoms with E-state index in [2.05, 4.69) is 11.8 Å². The molecule has 2 fully saturated rings. The third kappa shape index (κ3) is 2.41. The minimum absolute atomic E-state index is 0.233. The summed E-state index contributed by atoms with van der Waals surface area (Å²) in [6.45, 7) is 3.22. The molecular weight excluding hydrogens is 228 g/mol. The zero-order valence-corrected chi connectivity index (χ0v) is 11.7. The minimum atomic E-state index is -0.233. The van der Waals surface area contributed by atoms with Gasteiger partial charge in [0.05, 0.1) is 12.6 Å². The lowest BCUT2D eigenvalue weighted by molar-refractivity contribution is -0.179. The molecule has 0 unspecified atom stereocenters. The maximum Gasteiger partial charge on any atom is 0.231 e. The van der Waals surface area contributed by atoms with Crippen LogP contribution in [0.4, 0.5) is 0 Å². The number of nitrogens with two attached hydrogens (primary N) is 1. The zero-order valence-electron chi connectivity index (χ0n) is 11.7. The highest BCUT2D eigenvalue weighted by molar-refractivity contribution is 5.75. The number of amides is 1. The van der Waals surface area contributed by atoms with Crippen molar-refractivity contribution in [3.8, 4) is 0 Å². The largest absolute Gasteiger partial charge is 0.378 e. The molecule has 2 N–H and O–H groups in total. The molecule has 0 aromatic heterocycles. The molecule has 4 nitrogen and oxygen atoms in total.